The third-order valence-corrected chi connectivity index (χ3v) is 4.86. The SMILES string of the molecule is CC(NC(=O)C1CCCCCCC1N)c1noc(-c2ccccc2)n1.Cl. The highest BCUT2D eigenvalue weighted by molar-refractivity contribution is 5.85. The predicted octanol–water partition coefficient (Wildman–Crippen LogP) is 3.63. The Morgan fingerprint density at radius 1 is 1.19 bits per heavy atom. The molecule has 7 heteroatoms. The van der Waals surface area contributed by atoms with Crippen molar-refractivity contribution in [2.75, 3.05) is 0 Å². The third-order valence-electron chi connectivity index (χ3n) is 4.86. The fraction of sp³-hybridized carbons (Fsp3) is 0.526. The Labute approximate surface area is 160 Å². The minimum absolute atomic E-state index is 0. The molecule has 142 valence electrons. The summed E-state index contributed by atoms with van der Waals surface area (Å²) in [6.45, 7) is 1.87. The first-order valence-corrected chi connectivity index (χ1v) is 9.10. The number of nitrogens with two attached hydrogens (primary N) is 1. The molecule has 3 unspecified atom stereocenters. The van der Waals surface area contributed by atoms with Crippen LogP contribution in [0, 0.1) is 5.92 Å². The Morgan fingerprint density at radius 3 is 2.62 bits per heavy atom. The van der Waals surface area contributed by atoms with E-state index in [-0.39, 0.29) is 36.3 Å². The predicted molar refractivity (Wildman–Crippen MR) is 103 cm³/mol. The van der Waals surface area contributed by atoms with Crippen molar-refractivity contribution in [2.45, 2.75) is 57.5 Å². The highest BCUT2D eigenvalue weighted by Gasteiger charge is 2.28. The average molecular weight is 379 g/mol. The van der Waals surface area contributed by atoms with Crippen LogP contribution in [0.2, 0.25) is 0 Å². The number of carbonyl (C=O) groups excluding carboxylic acids is 1. The minimum atomic E-state index is -0.314. The summed E-state index contributed by atoms with van der Waals surface area (Å²) in [6, 6.07) is 9.20. The van der Waals surface area contributed by atoms with Crippen LogP contribution >= 0.6 is 12.4 Å². The second kappa shape index (κ2) is 9.69. The Balaban J connectivity index is 0.00000243. The van der Waals surface area contributed by atoms with Gasteiger partial charge in [-0.2, -0.15) is 4.98 Å². The summed E-state index contributed by atoms with van der Waals surface area (Å²) in [5, 5.41) is 7.02. The maximum atomic E-state index is 12.7. The molecule has 1 aromatic carbocycles. The second-order valence-electron chi connectivity index (χ2n) is 6.82. The zero-order chi connectivity index (χ0) is 17.6. The van der Waals surface area contributed by atoms with E-state index in [1.807, 2.05) is 37.3 Å². The zero-order valence-electron chi connectivity index (χ0n) is 15.1. The summed E-state index contributed by atoms with van der Waals surface area (Å²) >= 11 is 0. The van der Waals surface area contributed by atoms with Crippen LogP contribution in [-0.4, -0.2) is 22.1 Å². The van der Waals surface area contributed by atoms with Crippen LogP contribution in [-0.2, 0) is 4.79 Å². The summed E-state index contributed by atoms with van der Waals surface area (Å²) in [4.78, 5) is 17.1. The molecule has 1 aliphatic carbocycles. The van der Waals surface area contributed by atoms with Crippen LogP contribution < -0.4 is 11.1 Å². The number of rotatable bonds is 4. The fourth-order valence-corrected chi connectivity index (χ4v) is 3.33. The van der Waals surface area contributed by atoms with Gasteiger partial charge in [-0.3, -0.25) is 4.79 Å². The van der Waals surface area contributed by atoms with E-state index < -0.39 is 0 Å². The topological polar surface area (TPSA) is 94.0 Å². The number of nitrogens with zero attached hydrogens (tertiary/aromatic N) is 2. The zero-order valence-corrected chi connectivity index (χ0v) is 15.9. The van der Waals surface area contributed by atoms with Crippen molar-refractivity contribution in [3.63, 3.8) is 0 Å². The lowest BCUT2D eigenvalue weighted by Gasteiger charge is -2.26. The van der Waals surface area contributed by atoms with E-state index >= 15 is 0 Å². The first-order valence-electron chi connectivity index (χ1n) is 9.10. The number of aromatic nitrogens is 2. The summed E-state index contributed by atoms with van der Waals surface area (Å²) in [6.07, 6.45) is 6.31. The molecule has 6 nitrogen and oxygen atoms in total. The van der Waals surface area contributed by atoms with Crippen LogP contribution in [0.4, 0.5) is 0 Å². The Morgan fingerprint density at radius 2 is 1.88 bits per heavy atom. The normalized spacial score (nSPS) is 21.8. The van der Waals surface area contributed by atoms with E-state index in [0.29, 0.717) is 11.7 Å². The number of hydrogen-bond donors (Lipinski definition) is 2. The van der Waals surface area contributed by atoms with Crippen LogP contribution in [0.5, 0.6) is 0 Å². The minimum Gasteiger partial charge on any atom is -0.346 e. The van der Waals surface area contributed by atoms with Gasteiger partial charge >= 0.3 is 0 Å². The monoisotopic (exact) mass is 378 g/mol. The maximum absolute atomic E-state index is 12.7. The van der Waals surface area contributed by atoms with Crippen molar-refractivity contribution >= 4 is 18.3 Å². The molecule has 2 aromatic rings. The van der Waals surface area contributed by atoms with Crippen molar-refractivity contribution in [3.05, 3.63) is 36.2 Å². The molecule has 1 fully saturated rings. The van der Waals surface area contributed by atoms with E-state index in [0.717, 1.165) is 31.2 Å². The second-order valence-corrected chi connectivity index (χ2v) is 6.82. The highest BCUT2D eigenvalue weighted by Crippen LogP contribution is 2.23. The van der Waals surface area contributed by atoms with Gasteiger partial charge in [0.05, 0.1) is 12.0 Å². The first kappa shape index (κ1) is 20.4. The molecule has 26 heavy (non-hydrogen) atoms. The van der Waals surface area contributed by atoms with Gasteiger partial charge in [0.2, 0.25) is 5.91 Å². The molecule has 0 aliphatic heterocycles. The number of hydrogen-bond acceptors (Lipinski definition) is 5. The molecule has 3 N–H and O–H groups in total. The standard InChI is InChI=1S/C19H26N4O2.ClH/c1-13(17-22-19(25-23-17)14-9-5-4-6-10-14)21-18(24)15-11-7-2-3-8-12-16(15)20;/h4-6,9-10,13,15-16H,2-3,7-8,11-12,20H2,1H3,(H,21,24);1H. The Bertz CT molecular complexity index is 692. The average Bonchev–Trinajstić information content (AvgIpc) is 3.09. The lowest BCUT2D eigenvalue weighted by Crippen LogP contribution is -2.43. The lowest BCUT2D eigenvalue weighted by atomic mass is 9.86. The number of carbonyl (C=O) groups is 1. The van der Waals surface area contributed by atoms with Crippen LogP contribution in [0.1, 0.15) is 57.3 Å². The van der Waals surface area contributed by atoms with Crippen molar-refractivity contribution in [2.24, 2.45) is 11.7 Å². The van der Waals surface area contributed by atoms with E-state index in [2.05, 4.69) is 15.5 Å². The Kier molecular flexibility index (Phi) is 7.60. The third kappa shape index (κ3) is 5.05. The molecule has 0 spiro atoms. The molecule has 3 rings (SSSR count). The largest absolute Gasteiger partial charge is 0.346 e. The van der Waals surface area contributed by atoms with Crippen molar-refractivity contribution in [1.82, 2.24) is 15.5 Å². The van der Waals surface area contributed by atoms with Crippen LogP contribution in [0.3, 0.4) is 0 Å². The van der Waals surface area contributed by atoms with E-state index in [1.54, 1.807) is 0 Å². The van der Waals surface area contributed by atoms with Crippen LogP contribution in [0.15, 0.2) is 34.9 Å². The van der Waals surface area contributed by atoms with Gasteiger partial charge in [-0.05, 0) is 31.9 Å². The van der Waals surface area contributed by atoms with Gasteiger partial charge in [-0.25, -0.2) is 0 Å². The van der Waals surface area contributed by atoms with Gasteiger partial charge in [0.15, 0.2) is 5.82 Å². The van der Waals surface area contributed by atoms with Gasteiger partial charge in [-0.15, -0.1) is 12.4 Å². The molecule has 3 atom stereocenters. The molecule has 1 aromatic heterocycles. The highest BCUT2D eigenvalue weighted by atomic mass is 35.5. The van der Waals surface area contributed by atoms with Gasteiger partial charge in [0.25, 0.3) is 5.89 Å². The molecule has 0 radical (unpaired) electrons. The molecule has 1 amide bonds. The van der Waals surface area contributed by atoms with E-state index in [1.165, 1.54) is 12.8 Å². The maximum Gasteiger partial charge on any atom is 0.257 e. The van der Waals surface area contributed by atoms with Crippen LogP contribution in [0.25, 0.3) is 11.5 Å². The smallest absolute Gasteiger partial charge is 0.257 e. The summed E-state index contributed by atoms with van der Waals surface area (Å²) in [5.74, 6) is 0.794. The molecule has 1 heterocycles. The first-order chi connectivity index (χ1) is 12.1. The van der Waals surface area contributed by atoms with Gasteiger partial charge in [0.1, 0.15) is 0 Å². The molecule has 0 saturated heterocycles. The molecule has 0 bridgehead atoms. The Hall–Kier alpha value is -1.92. The van der Waals surface area contributed by atoms with E-state index in [9.17, 15) is 4.79 Å². The van der Waals surface area contributed by atoms with Gasteiger partial charge in [-0.1, -0.05) is 49.0 Å². The molecule has 1 saturated carbocycles. The quantitative estimate of drug-likeness (QED) is 0.847. The number of benzene rings is 1. The van der Waals surface area contributed by atoms with Crippen molar-refractivity contribution in [3.8, 4) is 11.5 Å². The van der Waals surface area contributed by atoms with Gasteiger partial charge in [0, 0.05) is 11.6 Å². The number of amides is 1. The molecular formula is C19H27ClN4O2. The fourth-order valence-electron chi connectivity index (χ4n) is 3.33. The summed E-state index contributed by atoms with van der Waals surface area (Å²) < 4.78 is 5.32. The number of nitrogens with one attached hydrogen (secondary N) is 1. The summed E-state index contributed by atoms with van der Waals surface area (Å²) in [7, 11) is 0. The number of halogens is 1. The van der Waals surface area contributed by atoms with E-state index in [4.69, 9.17) is 10.3 Å². The van der Waals surface area contributed by atoms with Gasteiger partial charge < -0.3 is 15.6 Å². The molecule has 1 aliphatic rings. The van der Waals surface area contributed by atoms with Crippen molar-refractivity contribution in [1.29, 1.82) is 0 Å². The van der Waals surface area contributed by atoms with Crippen molar-refractivity contribution < 1.29 is 9.32 Å². The lowest BCUT2D eigenvalue weighted by molar-refractivity contribution is -0.126. The summed E-state index contributed by atoms with van der Waals surface area (Å²) in [5.41, 5.74) is 7.10. The molecular weight excluding hydrogens is 352 g/mol.